The molecule has 0 radical (unpaired) electrons. The summed E-state index contributed by atoms with van der Waals surface area (Å²) >= 11 is 1.90. The lowest BCUT2D eigenvalue weighted by atomic mass is 10.2. The number of aliphatic hydroxyl groups is 1. The van der Waals surface area contributed by atoms with Gasteiger partial charge in [0.1, 0.15) is 0 Å². The molecule has 1 amide bonds. The summed E-state index contributed by atoms with van der Waals surface area (Å²) in [7, 11) is 0. The highest BCUT2D eigenvalue weighted by atomic mass is 35.5. The molecule has 2 atom stereocenters. The van der Waals surface area contributed by atoms with E-state index in [-0.39, 0.29) is 30.5 Å². The number of thioether (sulfide) groups is 1. The molecule has 2 saturated heterocycles. The van der Waals surface area contributed by atoms with Crippen molar-refractivity contribution in [2.45, 2.75) is 18.6 Å². The zero-order valence-corrected chi connectivity index (χ0v) is 10.1. The maximum Gasteiger partial charge on any atom is 0.239 e. The molecule has 88 valence electrons. The lowest BCUT2D eigenvalue weighted by Gasteiger charge is -2.28. The summed E-state index contributed by atoms with van der Waals surface area (Å²) in [6.45, 7) is 2.27. The Morgan fingerprint density at radius 1 is 1.40 bits per heavy atom. The lowest BCUT2D eigenvalue weighted by molar-refractivity contribution is -0.132. The zero-order valence-electron chi connectivity index (χ0n) is 8.52. The molecule has 0 aromatic heterocycles. The second-order valence-corrected chi connectivity index (χ2v) is 5.01. The van der Waals surface area contributed by atoms with Crippen LogP contribution in [0.2, 0.25) is 0 Å². The minimum Gasteiger partial charge on any atom is -0.392 e. The van der Waals surface area contributed by atoms with Gasteiger partial charge < -0.3 is 15.3 Å². The van der Waals surface area contributed by atoms with E-state index in [4.69, 9.17) is 0 Å². The van der Waals surface area contributed by atoms with Crippen molar-refractivity contribution in [2.75, 3.05) is 31.1 Å². The van der Waals surface area contributed by atoms with Gasteiger partial charge >= 0.3 is 0 Å². The van der Waals surface area contributed by atoms with Crippen molar-refractivity contribution in [3.8, 4) is 0 Å². The predicted octanol–water partition coefficient (Wildman–Crippen LogP) is -0.294. The molecule has 2 unspecified atom stereocenters. The number of β-amino-alcohol motifs (C(OH)–C–C–N with tert-alkyl or cyclic N) is 1. The Kier molecular flexibility index (Phi) is 5.18. The predicted molar refractivity (Wildman–Crippen MR) is 63.6 cm³/mol. The largest absolute Gasteiger partial charge is 0.392 e. The minimum atomic E-state index is -0.344. The van der Waals surface area contributed by atoms with Crippen LogP contribution in [0.1, 0.15) is 6.42 Å². The number of amides is 1. The highest BCUT2D eigenvalue weighted by Gasteiger charge is 2.31. The summed E-state index contributed by atoms with van der Waals surface area (Å²) in [5.41, 5.74) is 0. The van der Waals surface area contributed by atoms with Crippen LogP contribution in [0.3, 0.4) is 0 Å². The molecule has 0 aromatic carbocycles. The number of hydrogen-bond acceptors (Lipinski definition) is 4. The molecular weight excluding hydrogens is 236 g/mol. The molecule has 2 aliphatic heterocycles. The average Bonchev–Trinajstić information content (AvgIpc) is 2.65. The molecule has 2 fully saturated rings. The number of aliphatic hydroxyl groups excluding tert-OH is 1. The third-order valence-corrected chi connectivity index (χ3v) is 3.67. The van der Waals surface area contributed by atoms with Crippen LogP contribution in [0, 0.1) is 0 Å². The molecular formula is C9H17ClN2O2S. The summed E-state index contributed by atoms with van der Waals surface area (Å²) in [5, 5.41) is 12.4. The van der Waals surface area contributed by atoms with E-state index in [1.54, 1.807) is 0 Å². The highest BCUT2D eigenvalue weighted by molar-refractivity contribution is 7.99. The minimum absolute atomic E-state index is 0. The van der Waals surface area contributed by atoms with Gasteiger partial charge in [-0.25, -0.2) is 0 Å². The van der Waals surface area contributed by atoms with Crippen LogP contribution < -0.4 is 5.32 Å². The van der Waals surface area contributed by atoms with Gasteiger partial charge in [0.15, 0.2) is 0 Å². The van der Waals surface area contributed by atoms with Crippen molar-refractivity contribution >= 4 is 30.1 Å². The van der Waals surface area contributed by atoms with Crippen molar-refractivity contribution in [3.63, 3.8) is 0 Å². The Hall–Kier alpha value is 0.0300. The SMILES string of the molecule is Cl.O=C(C1CC(O)CN1)N1CCSCC1. The van der Waals surface area contributed by atoms with Crippen LogP contribution in [0.4, 0.5) is 0 Å². The maximum atomic E-state index is 11.9. The number of carbonyl (C=O) groups is 1. The number of rotatable bonds is 1. The van der Waals surface area contributed by atoms with Gasteiger partial charge in [0, 0.05) is 31.1 Å². The lowest BCUT2D eigenvalue weighted by Crippen LogP contribution is -2.46. The number of carbonyl (C=O) groups excluding carboxylic acids is 1. The fourth-order valence-electron chi connectivity index (χ4n) is 1.91. The Balaban J connectivity index is 0.00000112. The number of nitrogens with one attached hydrogen (secondary N) is 1. The Bertz CT molecular complexity index is 217. The average molecular weight is 253 g/mol. The number of nitrogens with zero attached hydrogens (tertiary/aromatic N) is 1. The van der Waals surface area contributed by atoms with E-state index in [2.05, 4.69) is 5.32 Å². The van der Waals surface area contributed by atoms with Crippen molar-refractivity contribution in [2.24, 2.45) is 0 Å². The first-order chi connectivity index (χ1) is 6.77. The molecule has 2 heterocycles. The Morgan fingerprint density at radius 2 is 2.07 bits per heavy atom. The molecule has 0 spiro atoms. The maximum absolute atomic E-state index is 11.9. The van der Waals surface area contributed by atoms with Crippen molar-refractivity contribution < 1.29 is 9.90 Å². The first-order valence-corrected chi connectivity index (χ1v) is 6.21. The molecule has 15 heavy (non-hydrogen) atoms. The Morgan fingerprint density at radius 3 is 2.60 bits per heavy atom. The molecule has 0 bridgehead atoms. The fraction of sp³-hybridized carbons (Fsp3) is 0.889. The van der Waals surface area contributed by atoms with E-state index in [0.29, 0.717) is 13.0 Å². The van der Waals surface area contributed by atoms with Crippen LogP contribution in [0.25, 0.3) is 0 Å². The molecule has 2 N–H and O–H groups in total. The van der Waals surface area contributed by atoms with Crippen LogP contribution in [-0.4, -0.2) is 59.2 Å². The van der Waals surface area contributed by atoms with Gasteiger partial charge in [0.05, 0.1) is 12.1 Å². The van der Waals surface area contributed by atoms with E-state index >= 15 is 0 Å². The van der Waals surface area contributed by atoms with Crippen LogP contribution in [-0.2, 0) is 4.79 Å². The number of hydrogen-bond donors (Lipinski definition) is 2. The van der Waals surface area contributed by atoms with Crippen LogP contribution >= 0.6 is 24.2 Å². The second kappa shape index (κ2) is 5.94. The molecule has 0 aliphatic carbocycles. The fourth-order valence-corrected chi connectivity index (χ4v) is 2.81. The Labute approximate surface area is 100 Å². The summed E-state index contributed by atoms with van der Waals surface area (Å²) in [6, 6.07) is -0.145. The van der Waals surface area contributed by atoms with E-state index in [0.717, 1.165) is 24.6 Å². The van der Waals surface area contributed by atoms with E-state index < -0.39 is 0 Å². The molecule has 4 nitrogen and oxygen atoms in total. The highest BCUT2D eigenvalue weighted by Crippen LogP contribution is 2.14. The van der Waals surface area contributed by atoms with Crippen LogP contribution in [0.15, 0.2) is 0 Å². The standard InChI is InChI=1S/C9H16N2O2S.ClH/c12-7-5-8(10-6-7)9(13)11-1-3-14-4-2-11;/h7-8,10,12H,1-6H2;1H. The molecule has 2 aliphatic rings. The molecule has 0 saturated carbocycles. The van der Waals surface area contributed by atoms with Crippen LogP contribution in [0.5, 0.6) is 0 Å². The first-order valence-electron chi connectivity index (χ1n) is 5.05. The number of halogens is 1. The van der Waals surface area contributed by atoms with Gasteiger partial charge in [0.2, 0.25) is 5.91 Å². The summed E-state index contributed by atoms with van der Waals surface area (Å²) < 4.78 is 0. The smallest absolute Gasteiger partial charge is 0.239 e. The van der Waals surface area contributed by atoms with E-state index in [1.165, 1.54) is 0 Å². The zero-order chi connectivity index (χ0) is 9.97. The van der Waals surface area contributed by atoms with Gasteiger partial charge in [-0.3, -0.25) is 4.79 Å². The third kappa shape index (κ3) is 3.24. The van der Waals surface area contributed by atoms with Gasteiger partial charge in [-0.2, -0.15) is 11.8 Å². The summed E-state index contributed by atoms with van der Waals surface area (Å²) in [6.07, 6.45) is 0.228. The normalized spacial score (nSPS) is 31.1. The second-order valence-electron chi connectivity index (χ2n) is 3.79. The molecule has 0 aromatic rings. The van der Waals surface area contributed by atoms with Gasteiger partial charge in [0.25, 0.3) is 0 Å². The quantitative estimate of drug-likeness (QED) is 0.673. The topological polar surface area (TPSA) is 52.6 Å². The summed E-state index contributed by atoms with van der Waals surface area (Å²) in [5.74, 6) is 2.25. The van der Waals surface area contributed by atoms with Crippen molar-refractivity contribution in [3.05, 3.63) is 0 Å². The van der Waals surface area contributed by atoms with Gasteiger partial charge in [-0.1, -0.05) is 0 Å². The molecule has 6 heteroatoms. The van der Waals surface area contributed by atoms with Crippen molar-refractivity contribution in [1.29, 1.82) is 0 Å². The van der Waals surface area contributed by atoms with Gasteiger partial charge in [-0.05, 0) is 6.42 Å². The van der Waals surface area contributed by atoms with E-state index in [9.17, 15) is 9.90 Å². The third-order valence-electron chi connectivity index (χ3n) is 2.73. The van der Waals surface area contributed by atoms with Gasteiger partial charge in [-0.15, -0.1) is 12.4 Å². The van der Waals surface area contributed by atoms with Crippen molar-refractivity contribution in [1.82, 2.24) is 10.2 Å². The van der Waals surface area contributed by atoms with E-state index in [1.807, 2.05) is 16.7 Å². The monoisotopic (exact) mass is 252 g/mol. The molecule has 2 rings (SSSR count). The summed E-state index contributed by atoms with van der Waals surface area (Å²) in [4.78, 5) is 13.8. The first kappa shape index (κ1) is 13.1.